The van der Waals surface area contributed by atoms with Crippen molar-refractivity contribution in [3.63, 3.8) is 0 Å². The van der Waals surface area contributed by atoms with Gasteiger partial charge in [0.15, 0.2) is 0 Å². The molecule has 1 amide bonds. The van der Waals surface area contributed by atoms with Gasteiger partial charge in [-0.15, -0.1) is 0 Å². The Hall–Kier alpha value is -3.80. The first-order chi connectivity index (χ1) is 14.0. The number of nitrogens with zero attached hydrogens (tertiary/aromatic N) is 1. The smallest absolute Gasteiger partial charge is 0.262 e. The van der Waals surface area contributed by atoms with E-state index >= 15 is 0 Å². The lowest BCUT2D eigenvalue weighted by atomic mass is 10.0. The van der Waals surface area contributed by atoms with Gasteiger partial charge in [-0.25, -0.2) is 0 Å². The van der Waals surface area contributed by atoms with Crippen LogP contribution in [0.15, 0.2) is 72.8 Å². The van der Waals surface area contributed by atoms with E-state index in [0.29, 0.717) is 22.6 Å². The number of carbonyl (C=O) groups is 2. The summed E-state index contributed by atoms with van der Waals surface area (Å²) in [4.78, 5) is 26.0. The third kappa shape index (κ3) is 3.65. The number of carboxylic acids is 1. The lowest BCUT2D eigenvalue weighted by Crippen LogP contribution is -2.43. The largest absolute Gasteiger partial charge is 0.546 e. The van der Waals surface area contributed by atoms with Crippen LogP contribution in [0.1, 0.15) is 27.7 Å². The molecule has 29 heavy (non-hydrogen) atoms. The number of benzene rings is 3. The van der Waals surface area contributed by atoms with Crippen LogP contribution in [0, 0.1) is 6.92 Å². The van der Waals surface area contributed by atoms with Gasteiger partial charge in [0.1, 0.15) is 18.5 Å². The molecule has 1 atom stereocenters. The molecule has 0 bridgehead atoms. The summed E-state index contributed by atoms with van der Waals surface area (Å²) in [6.45, 7) is 1.39. The zero-order valence-corrected chi connectivity index (χ0v) is 15.8. The molecule has 0 aliphatic carbocycles. The SMILES string of the molecule is Cc1cccc(N2C(=O)c3ccccc3N[C@@H]2c2ccccc2OCC(=O)[O-])c1. The topological polar surface area (TPSA) is 81.7 Å². The Bertz CT molecular complexity index is 1080. The van der Waals surface area contributed by atoms with Crippen molar-refractivity contribution < 1.29 is 19.4 Å². The maximum absolute atomic E-state index is 13.4. The Morgan fingerprint density at radius 1 is 1.07 bits per heavy atom. The molecule has 0 unspecified atom stereocenters. The van der Waals surface area contributed by atoms with Gasteiger partial charge in [0.05, 0.1) is 11.5 Å². The summed E-state index contributed by atoms with van der Waals surface area (Å²) >= 11 is 0. The Balaban J connectivity index is 1.84. The third-order valence-corrected chi connectivity index (χ3v) is 4.77. The van der Waals surface area contributed by atoms with Crippen molar-refractivity contribution >= 4 is 23.3 Å². The molecule has 3 aromatic rings. The quantitative estimate of drug-likeness (QED) is 0.728. The number of aliphatic carboxylic acids is 1. The van der Waals surface area contributed by atoms with Crippen LogP contribution in [0.2, 0.25) is 0 Å². The van der Waals surface area contributed by atoms with Crippen LogP contribution in [0.5, 0.6) is 5.75 Å². The minimum Gasteiger partial charge on any atom is -0.546 e. The molecule has 6 nitrogen and oxygen atoms in total. The van der Waals surface area contributed by atoms with Gasteiger partial charge in [0.2, 0.25) is 0 Å². The van der Waals surface area contributed by atoms with E-state index in [2.05, 4.69) is 5.32 Å². The van der Waals surface area contributed by atoms with Crippen LogP contribution in [-0.2, 0) is 4.79 Å². The van der Waals surface area contributed by atoms with E-state index in [4.69, 9.17) is 4.74 Å². The zero-order chi connectivity index (χ0) is 20.4. The molecule has 0 saturated heterocycles. The number of aryl methyl sites for hydroxylation is 1. The number of ether oxygens (including phenoxy) is 1. The molecule has 1 aliphatic heterocycles. The standard InChI is InChI=1S/C23H20N2O4/c1-15-7-6-8-16(13-15)25-22(24-19-11-4-2-9-17(19)23(25)28)18-10-3-5-12-20(18)29-14-21(26)27/h2-13,22,24H,14H2,1H3,(H,26,27)/p-1/t22-/m0/s1. The average Bonchev–Trinajstić information content (AvgIpc) is 2.72. The van der Waals surface area contributed by atoms with Crippen LogP contribution in [0.3, 0.4) is 0 Å². The van der Waals surface area contributed by atoms with Gasteiger partial charge in [-0.3, -0.25) is 9.69 Å². The fraction of sp³-hybridized carbons (Fsp3) is 0.130. The van der Waals surface area contributed by atoms with Crippen LogP contribution in [0.25, 0.3) is 0 Å². The molecule has 4 rings (SSSR count). The summed E-state index contributed by atoms with van der Waals surface area (Å²) in [5, 5.41) is 14.3. The first-order valence-corrected chi connectivity index (χ1v) is 9.22. The molecule has 1 heterocycles. The molecule has 0 fully saturated rings. The summed E-state index contributed by atoms with van der Waals surface area (Å²) in [5.41, 5.74) is 3.68. The number of amides is 1. The highest BCUT2D eigenvalue weighted by atomic mass is 16.5. The molecular weight excluding hydrogens is 368 g/mol. The number of anilines is 2. The third-order valence-electron chi connectivity index (χ3n) is 4.77. The second kappa shape index (κ2) is 7.67. The molecule has 3 aromatic carbocycles. The Morgan fingerprint density at radius 2 is 1.83 bits per heavy atom. The number of rotatable bonds is 5. The summed E-state index contributed by atoms with van der Waals surface area (Å²) in [7, 11) is 0. The van der Waals surface area contributed by atoms with Gasteiger partial charge in [-0.1, -0.05) is 42.5 Å². The van der Waals surface area contributed by atoms with E-state index in [-0.39, 0.29) is 5.91 Å². The van der Waals surface area contributed by atoms with E-state index in [1.54, 1.807) is 23.1 Å². The van der Waals surface area contributed by atoms with Crippen LogP contribution >= 0.6 is 0 Å². The molecule has 1 aliphatic rings. The van der Waals surface area contributed by atoms with Crippen molar-refractivity contribution in [2.45, 2.75) is 13.1 Å². The average molecular weight is 387 g/mol. The minimum atomic E-state index is -1.31. The first kappa shape index (κ1) is 18.6. The van der Waals surface area contributed by atoms with Gasteiger partial charge in [-0.2, -0.15) is 0 Å². The van der Waals surface area contributed by atoms with E-state index in [0.717, 1.165) is 11.3 Å². The molecule has 1 N–H and O–H groups in total. The number of para-hydroxylation sites is 2. The Labute approximate surface area is 168 Å². The number of hydrogen-bond donors (Lipinski definition) is 1. The molecule has 146 valence electrons. The molecule has 0 radical (unpaired) electrons. The van der Waals surface area contributed by atoms with Crippen molar-refractivity contribution in [1.29, 1.82) is 0 Å². The number of nitrogens with one attached hydrogen (secondary N) is 1. The second-order valence-corrected chi connectivity index (χ2v) is 6.81. The van der Waals surface area contributed by atoms with Crippen molar-refractivity contribution in [2.24, 2.45) is 0 Å². The summed E-state index contributed by atoms with van der Waals surface area (Å²) in [6.07, 6.45) is -0.572. The van der Waals surface area contributed by atoms with E-state index in [9.17, 15) is 14.7 Å². The van der Waals surface area contributed by atoms with Crippen molar-refractivity contribution in [2.75, 3.05) is 16.8 Å². The first-order valence-electron chi connectivity index (χ1n) is 9.22. The van der Waals surface area contributed by atoms with Crippen molar-refractivity contribution in [3.8, 4) is 5.75 Å². The maximum atomic E-state index is 13.4. The number of carbonyl (C=O) groups excluding carboxylic acids is 2. The minimum absolute atomic E-state index is 0.148. The molecule has 0 aromatic heterocycles. The lowest BCUT2D eigenvalue weighted by molar-refractivity contribution is -0.307. The molecule has 0 spiro atoms. The van der Waals surface area contributed by atoms with Gasteiger partial charge < -0.3 is 20.0 Å². The Kier molecular flexibility index (Phi) is 4.91. The predicted molar refractivity (Wildman–Crippen MR) is 108 cm³/mol. The number of fused-ring (bicyclic) bond motifs is 1. The van der Waals surface area contributed by atoms with E-state index in [1.807, 2.05) is 61.5 Å². The van der Waals surface area contributed by atoms with Gasteiger partial charge in [0.25, 0.3) is 5.91 Å². The molecular formula is C23H19N2O4-. The highest BCUT2D eigenvalue weighted by Gasteiger charge is 2.35. The maximum Gasteiger partial charge on any atom is 0.262 e. The summed E-state index contributed by atoms with van der Waals surface area (Å²) < 4.78 is 5.44. The number of carboxylic acid groups (broad SMARTS) is 1. The predicted octanol–water partition coefficient (Wildman–Crippen LogP) is 2.89. The summed E-state index contributed by atoms with van der Waals surface area (Å²) in [6, 6.07) is 22.0. The normalized spacial score (nSPS) is 15.4. The van der Waals surface area contributed by atoms with Gasteiger partial charge >= 0.3 is 0 Å². The van der Waals surface area contributed by atoms with Crippen molar-refractivity contribution in [1.82, 2.24) is 0 Å². The van der Waals surface area contributed by atoms with Gasteiger partial charge in [-0.05, 0) is 42.8 Å². The van der Waals surface area contributed by atoms with E-state index in [1.165, 1.54) is 0 Å². The monoisotopic (exact) mass is 387 g/mol. The van der Waals surface area contributed by atoms with E-state index < -0.39 is 18.7 Å². The summed E-state index contributed by atoms with van der Waals surface area (Å²) in [5.74, 6) is -1.09. The molecule has 6 heteroatoms. The Morgan fingerprint density at radius 3 is 2.62 bits per heavy atom. The molecule has 0 saturated carbocycles. The number of hydrogen-bond acceptors (Lipinski definition) is 5. The van der Waals surface area contributed by atoms with Crippen molar-refractivity contribution in [3.05, 3.63) is 89.5 Å². The van der Waals surface area contributed by atoms with Crippen LogP contribution in [-0.4, -0.2) is 18.5 Å². The highest BCUT2D eigenvalue weighted by Crippen LogP contribution is 2.39. The second-order valence-electron chi connectivity index (χ2n) is 6.81. The lowest BCUT2D eigenvalue weighted by Gasteiger charge is -2.38. The van der Waals surface area contributed by atoms with Crippen LogP contribution < -0.4 is 20.1 Å². The fourth-order valence-corrected chi connectivity index (χ4v) is 3.49. The van der Waals surface area contributed by atoms with Gasteiger partial charge in [0, 0.05) is 16.9 Å². The highest BCUT2D eigenvalue weighted by molar-refractivity contribution is 6.12. The van der Waals surface area contributed by atoms with Crippen LogP contribution in [0.4, 0.5) is 11.4 Å². The zero-order valence-electron chi connectivity index (χ0n) is 15.8. The fourth-order valence-electron chi connectivity index (χ4n) is 3.49.